The molecule has 0 aliphatic carbocycles. The Morgan fingerprint density at radius 2 is 2.24 bits per heavy atom. The van der Waals surface area contributed by atoms with Crippen molar-refractivity contribution in [1.82, 2.24) is 9.55 Å². The molecule has 1 aliphatic rings. The molecular formula is C9H11N2O5Se. The molecule has 7 nitrogen and oxygen atoms in total. The fraction of sp³-hybridized carbons (Fsp3) is 0.556. The molecule has 1 aliphatic heterocycles. The van der Waals surface area contributed by atoms with Crippen LogP contribution in [0.3, 0.4) is 0 Å². The molecule has 8 heteroatoms. The van der Waals surface area contributed by atoms with E-state index in [-0.39, 0.29) is 6.61 Å². The SMILES string of the molecule is O=c1ccn([C@@H]2O[C@H](CO)[C@H](O)C2[Se])c(=O)[nH]1. The Morgan fingerprint density at radius 1 is 1.53 bits per heavy atom. The first-order valence-corrected chi connectivity index (χ1v) is 5.95. The van der Waals surface area contributed by atoms with Crippen LogP contribution in [0.2, 0.25) is 4.82 Å². The molecule has 2 heterocycles. The summed E-state index contributed by atoms with van der Waals surface area (Å²) in [5.41, 5.74) is -1.12. The van der Waals surface area contributed by atoms with E-state index in [1.54, 1.807) is 0 Å². The number of rotatable bonds is 2. The van der Waals surface area contributed by atoms with Crippen molar-refractivity contribution in [2.24, 2.45) is 0 Å². The van der Waals surface area contributed by atoms with Crippen LogP contribution >= 0.6 is 0 Å². The molecule has 1 fully saturated rings. The molecule has 0 aromatic carbocycles. The maximum atomic E-state index is 11.5. The quantitative estimate of drug-likeness (QED) is 0.535. The summed E-state index contributed by atoms with van der Waals surface area (Å²) in [6.07, 6.45) is -1.09. The average Bonchev–Trinajstić information content (AvgIpc) is 2.57. The Morgan fingerprint density at radius 3 is 2.76 bits per heavy atom. The van der Waals surface area contributed by atoms with E-state index in [1.165, 1.54) is 16.8 Å². The van der Waals surface area contributed by atoms with Crippen molar-refractivity contribution in [3.8, 4) is 0 Å². The van der Waals surface area contributed by atoms with Crippen LogP contribution in [-0.4, -0.2) is 54.6 Å². The molecule has 0 bridgehead atoms. The van der Waals surface area contributed by atoms with Gasteiger partial charge in [-0.2, -0.15) is 0 Å². The zero-order valence-electron chi connectivity index (χ0n) is 8.65. The molecule has 1 radical (unpaired) electrons. The Balaban J connectivity index is 2.35. The summed E-state index contributed by atoms with van der Waals surface area (Å²) >= 11 is 2.71. The first-order valence-electron chi connectivity index (χ1n) is 4.96. The van der Waals surface area contributed by atoms with Crippen molar-refractivity contribution < 1.29 is 14.9 Å². The number of aliphatic hydroxyl groups excluding tert-OH is 2. The van der Waals surface area contributed by atoms with Crippen LogP contribution in [0.4, 0.5) is 0 Å². The van der Waals surface area contributed by atoms with E-state index in [0.29, 0.717) is 0 Å². The van der Waals surface area contributed by atoms with Crippen LogP contribution in [0.1, 0.15) is 6.23 Å². The molecule has 0 saturated carbocycles. The summed E-state index contributed by atoms with van der Waals surface area (Å²) in [5, 5.41) is 18.7. The third-order valence-electron chi connectivity index (χ3n) is 2.62. The zero-order chi connectivity index (χ0) is 12.6. The number of aromatic nitrogens is 2. The second-order valence-corrected chi connectivity index (χ2v) is 4.86. The molecule has 1 aromatic heterocycles. The Bertz CT molecular complexity index is 513. The van der Waals surface area contributed by atoms with E-state index < -0.39 is 34.5 Å². The van der Waals surface area contributed by atoms with E-state index in [4.69, 9.17) is 9.84 Å². The molecule has 1 saturated heterocycles. The summed E-state index contributed by atoms with van der Waals surface area (Å²) in [7, 11) is 0. The van der Waals surface area contributed by atoms with Crippen molar-refractivity contribution in [3.05, 3.63) is 33.1 Å². The Hall–Kier alpha value is -0.921. The van der Waals surface area contributed by atoms with Crippen molar-refractivity contribution in [1.29, 1.82) is 0 Å². The zero-order valence-corrected chi connectivity index (χ0v) is 10.4. The van der Waals surface area contributed by atoms with Gasteiger partial charge < -0.3 is 0 Å². The van der Waals surface area contributed by atoms with Gasteiger partial charge in [0, 0.05) is 0 Å². The molecule has 17 heavy (non-hydrogen) atoms. The van der Waals surface area contributed by atoms with Crippen LogP contribution in [0.5, 0.6) is 0 Å². The van der Waals surface area contributed by atoms with Gasteiger partial charge >= 0.3 is 103 Å². The summed E-state index contributed by atoms with van der Waals surface area (Å²) in [6.45, 7) is -0.339. The van der Waals surface area contributed by atoms with E-state index in [2.05, 4.69) is 21.0 Å². The fourth-order valence-corrected chi connectivity index (χ4v) is 2.50. The molecule has 1 unspecified atom stereocenters. The number of hydrogen-bond donors (Lipinski definition) is 3. The van der Waals surface area contributed by atoms with Gasteiger partial charge in [-0.15, -0.1) is 0 Å². The van der Waals surface area contributed by atoms with Gasteiger partial charge in [-0.05, 0) is 0 Å². The third-order valence-corrected chi connectivity index (χ3v) is 3.69. The van der Waals surface area contributed by atoms with Gasteiger partial charge in [-0.3, -0.25) is 0 Å². The molecule has 0 amide bonds. The van der Waals surface area contributed by atoms with Crippen molar-refractivity contribution >= 4 is 16.0 Å². The van der Waals surface area contributed by atoms with E-state index in [0.717, 1.165) is 0 Å². The number of H-pyrrole nitrogens is 1. The van der Waals surface area contributed by atoms with Gasteiger partial charge in [-0.25, -0.2) is 0 Å². The van der Waals surface area contributed by atoms with Gasteiger partial charge in [0.1, 0.15) is 0 Å². The summed E-state index contributed by atoms with van der Waals surface area (Å²) in [5.74, 6) is 0. The summed E-state index contributed by atoms with van der Waals surface area (Å²) in [6, 6.07) is 1.19. The van der Waals surface area contributed by atoms with Gasteiger partial charge in [0.05, 0.1) is 0 Å². The normalized spacial score (nSPS) is 32.9. The fourth-order valence-electron chi connectivity index (χ4n) is 1.72. The molecule has 4 atom stereocenters. The van der Waals surface area contributed by atoms with Crippen LogP contribution < -0.4 is 11.2 Å². The van der Waals surface area contributed by atoms with Gasteiger partial charge in [0.25, 0.3) is 0 Å². The summed E-state index contributed by atoms with van der Waals surface area (Å²) in [4.78, 5) is 24.1. The van der Waals surface area contributed by atoms with Gasteiger partial charge in [0.15, 0.2) is 0 Å². The predicted octanol–water partition coefficient (Wildman–Crippen LogP) is -2.26. The molecule has 0 spiro atoms. The Labute approximate surface area is 104 Å². The monoisotopic (exact) mass is 307 g/mol. The second-order valence-electron chi connectivity index (χ2n) is 3.72. The minimum absolute atomic E-state index is 0.339. The van der Waals surface area contributed by atoms with Crippen LogP contribution in [0.25, 0.3) is 0 Å². The standard InChI is InChI=1S/C9H11N2O5Se/c12-3-4-6(14)7(17)8(16-4)11-2-1-5(13)10-9(11)15/h1-2,4,6-8,12,14H,3H2,(H,10,13,15)/t4-,6+,7?,8-/m1/s1. The molecule has 3 N–H and O–H groups in total. The number of hydrogen-bond acceptors (Lipinski definition) is 5. The Kier molecular flexibility index (Phi) is 3.50. The minimum atomic E-state index is -0.899. The number of nitrogens with one attached hydrogen (secondary N) is 1. The van der Waals surface area contributed by atoms with Crippen molar-refractivity contribution in [2.45, 2.75) is 23.3 Å². The molecular weight excluding hydrogens is 295 g/mol. The maximum absolute atomic E-state index is 11.5. The van der Waals surface area contributed by atoms with Crippen molar-refractivity contribution in [3.63, 3.8) is 0 Å². The third kappa shape index (κ3) is 2.22. The van der Waals surface area contributed by atoms with Crippen LogP contribution in [0.15, 0.2) is 21.9 Å². The van der Waals surface area contributed by atoms with E-state index in [9.17, 15) is 14.7 Å². The molecule has 2 rings (SSSR count). The van der Waals surface area contributed by atoms with Crippen LogP contribution in [-0.2, 0) is 4.74 Å². The van der Waals surface area contributed by atoms with Crippen LogP contribution in [0, 0.1) is 0 Å². The van der Waals surface area contributed by atoms with Gasteiger partial charge in [0.2, 0.25) is 0 Å². The van der Waals surface area contributed by atoms with Crippen molar-refractivity contribution in [2.75, 3.05) is 6.61 Å². The summed E-state index contributed by atoms with van der Waals surface area (Å²) < 4.78 is 6.52. The topological polar surface area (TPSA) is 105 Å². The molecule has 93 valence electrons. The van der Waals surface area contributed by atoms with Gasteiger partial charge in [-0.1, -0.05) is 0 Å². The second kappa shape index (κ2) is 4.75. The molecule has 1 aromatic rings. The van der Waals surface area contributed by atoms with E-state index >= 15 is 0 Å². The number of aliphatic hydroxyl groups is 2. The number of nitrogens with zero attached hydrogens (tertiary/aromatic N) is 1. The average molecular weight is 306 g/mol. The van der Waals surface area contributed by atoms with E-state index in [1.807, 2.05) is 0 Å². The predicted molar refractivity (Wildman–Crippen MR) is 57.8 cm³/mol. The first kappa shape index (κ1) is 12.5. The number of aromatic amines is 1. The number of ether oxygens (including phenoxy) is 1. The first-order chi connectivity index (χ1) is 8.04.